The van der Waals surface area contributed by atoms with E-state index in [4.69, 9.17) is 4.74 Å². The van der Waals surface area contributed by atoms with Crippen LogP contribution in [0.4, 0.5) is 5.69 Å². The zero-order chi connectivity index (χ0) is 13.7. The van der Waals surface area contributed by atoms with Gasteiger partial charge >= 0.3 is 0 Å². The van der Waals surface area contributed by atoms with E-state index in [2.05, 4.69) is 17.6 Å². The van der Waals surface area contributed by atoms with Crippen molar-refractivity contribution in [1.82, 2.24) is 5.32 Å². The Balaban J connectivity index is 1.76. The molecule has 0 aliphatic heterocycles. The van der Waals surface area contributed by atoms with E-state index in [1.807, 2.05) is 24.3 Å². The summed E-state index contributed by atoms with van der Waals surface area (Å²) in [4.78, 5) is 11.9. The second-order valence-corrected chi connectivity index (χ2v) is 5.21. The lowest BCUT2D eigenvalue weighted by Crippen LogP contribution is -2.34. The van der Waals surface area contributed by atoms with Crippen molar-refractivity contribution in [3.05, 3.63) is 24.3 Å². The van der Waals surface area contributed by atoms with Gasteiger partial charge in [0.05, 0.1) is 19.3 Å². The van der Waals surface area contributed by atoms with Crippen molar-refractivity contribution in [3.8, 4) is 5.75 Å². The van der Waals surface area contributed by atoms with Crippen LogP contribution in [-0.2, 0) is 4.79 Å². The minimum Gasteiger partial charge on any atom is -0.495 e. The molecule has 19 heavy (non-hydrogen) atoms. The fourth-order valence-corrected chi connectivity index (χ4v) is 2.15. The summed E-state index contributed by atoms with van der Waals surface area (Å²) in [5, 5.41) is 6.12. The van der Waals surface area contributed by atoms with E-state index in [-0.39, 0.29) is 5.91 Å². The van der Waals surface area contributed by atoms with Crippen molar-refractivity contribution in [1.29, 1.82) is 0 Å². The van der Waals surface area contributed by atoms with Gasteiger partial charge in [0, 0.05) is 6.04 Å². The molecule has 1 fully saturated rings. The second kappa shape index (κ2) is 6.57. The molecule has 1 aromatic carbocycles. The maximum atomic E-state index is 11.9. The van der Waals surface area contributed by atoms with E-state index in [0.29, 0.717) is 24.0 Å². The van der Waals surface area contributed by atoms with Crippen LogP contribution in [0.1, 0.15) is 26.2 Å². The lowest BCUT2D eigenvalue weighted by Gasteiger charge is -2.14. The molecule has 2 N–H and O–H groups in total. The predicted octanol–water partition coefficient (Wildman–Crippen LogP) is 2.41. The molecule has 2 rings (SSSR count). The molecular formula is C15H22N2O2. The summed E-state index contributed by atoms with van der Waals surface area (Å²) in [6.07, 6.45) is 3.86. The maximum absolute atomic E-state index is 11.9. The Morgan fingerprint density at radius 3 is 2.84 bits per heavy atom. The maximum Gasteiger partial charge on any atom is 0.238 e. The van der Waals surface area contributed by atoms with Gasteiger partial charge in [-0.15, -0.1) is 0 Å². The first-order valence-electron chi connectivity index (χ1n) is 6.85. The number of carbonyl (C=O) groups excluding carboxylic acids is 1. The topological polar surface area (TPSA) is 50.4 Å². The third kappa shape index (κ3) is 4.56. The van der Waals surface area contributed by atoms with Crippen LogP contribution in [0, 0.1) is 5.92 Å². The number of carbonyl (C=O) groups is 1. The first kappa shape index (κ1) is 13.9. The third-order valence-electron chi connectivity index (χ3n) is 3.38. The van der Waals surface area contributed by atoms with Crippen LogP contribution < -0.4 is 15.4 Å². The largest absolute Gasteiger partial charge is 0.495 e. The molecule has 1 aliphatic carbocycles. The van der Waals surface area contributed by atoms with Crippen LogP contribution in [0.5, 0.6) is 5.75 Å². The average Bonchev–Trinajstić information content (AvgIpc) is 3.21. The molecule has 0 spiro atoms. The van der Waals surface area contributed by atoms with Crippen LogP contribution in [0.3, 0.4) is 0 Å². The molecule has 1 atom stereocenters. The van der Waals surface area contributed by atoms with Gasteiger partial charge in [0.1, 0.15) is 5.75 Å². The molecule has 0 radical (unpaired) electrons. The molecule has 0 heterocycles. The van der Waals surface area contributed by atoms with Crippen LogP contribution in [-0.4, -0.2) is 25.6 Å². The highest BCUT2D eigenvalue weighted by Gasteiger charge is 2.23. The standard InChI is InChI=1S/C15H22N2O2/c1-11(9-12-7-8-12)16-10-15(18)17-13-5-3-4-6-14(13)19-2/h3-6,11-12,16H,7-10H2,1-2H3,(H,17,18). The quantitative estimate of drug-likeness (QED) is 0.793. The highest BCUT2D eigenvalue weighted by molar-refractivity contribution is 5.93. The number of benzene rings is 1. The summed E-state index contributed by atoms with van der Waals surface area (Å²) in [5.41, 5.74) is 0.714. The average molecular weight is 262 g/mol. The molecule has 0 saturated heterocycles. The summed E-state index contributed by atoms with van der Waals surface area (Å²) in [6.45, 7) is 2.47. The Labute approximate surface area is 114 Å². The first-order chi connectivity index (χ1) is 9.19. The number of anilines is 1. The van der Waals surface area contributed by atoms with Gasteiger partial charge in [0.15, 0.2) is 0 Å². The molecule has 1 unspecified atom stereocenters. The summed E-state index contributed by atoms with van der Waals surface area (Å²) >= 11 is 0. The number of para-hydroxylation sites is 2. The van der Waals surface area contributed by atoms with Crippen LogP contribution in [0.25, 0.3) is 0 Å². The molecule has 1 amide bonds. The van der Waals surface area contributed by atoms with Crippen LogP contribution >= 0.6 is 0 Å². The number of methoxy groups -OCH3 is 1. The Morgan fingerprint density at radius 2 is 2.16 bits per heavy atom. The molecule has 1 aliphatic rings. The van der Waals surface area contributed by atoms with Crippen molar-refractivity contribution in [2.75, 3.05) is 19.0 Å². The van der Waals surface area contributed by atoms with E-state index in [1.54, 1.807) is 7.11 Å². The Kier molecular flexibility index (Phi) is 4.80. The van der Waals surface area contributed by atoms with E-state index in [9.17, 15) is 4.79 Å². The lowest BCUT2D eigenvalue weighted by atomic mass is 10.1. The lowest BCUT2D eigenvalue weighted by molar-refractivity contribution is -0.115. The minimum atomic E-state index is -0.0350. The monoisotopic (exact) mass is 262 g/mol. The molecule has 0 bridgehead atoms. The molecule has 1 saturated carbocycles. The zero-order valence-corrected chi connectivity index (χ0v) is 11.6. The summed E-state index contributed by atoms with van der Waals surface area (Å²) < 4.78 is 5.20. The Morgan fingerprint density at radius 1 is 1.42 bits per heavy atom. The Hall–Kier alpha value is -1.55. The number of amides is 1. The third-order valence-corrected chi connectivity index (χ3v) is 3.38. The minimum absolute atomic E-state index is 0.0350. The van der Waals surface area contributed by atoms with Gasteiger partial charge < -0.3 is 15.4 Å². The van der Waals surface area contributed by atoms with Crippen molar-refractivity contribution in [2.24, 2.45) is 5.92 Å². The predicted molar refractivity (Wildman–Crippen MR) is 76.4 cm³/mol. The molecule has 4 heteroatoms. The molecule has 0 aromatic heterocycles. The van der Waals surface area contributed by atoms with Gasteiger partial charge in [-0.1, -0.05) is 25.0 Å². The summed E-state index contributed by atoms with van der Waals surface area (Å²) in [6, 6.07) is 7.82. The Bertz CT molecular complexity index is 430. The van der Waals surface area contributed by atoms with Crippen molar-refractivity contribution in [2.45, 2.75) is 32.2 Å². The number of rotatable bonds is 7. The number of nitrogens with one attached hydrogen (secondary N) is 2. The summed E-state index contributed by atoms with van der Waals surface area (Å²) in [7, 11) is 1.60. The van der Waals surface area contributed by atoms with E-state index < -0.39 is 0 Å². The molecule has 1 aromatic rings. The fraction of sp³-hybridized carbons (Fsp3) is 0.533. The van der Waals surface area contributed by atoms with Crippen LogP contribution in [0.2, 0.25) is 0 Å². The van der Waals surface area contributed by atoms with E-state index >= 15 is 0 Å². The van der Waals surface area contributed by atoms with Crippen molar-refractivity contribution in [3.63, 3.8) is 0 Å². The molecule has 104 valence electrons. The van der Waals surface area contributed by atoms with Crippen molar-refractivity contribution >= 4 is 11.6 Å². The fourth-order valence-electron chi connectivity index (χ4n) is 2.15. The van der Waals surface area contributed by atoms with Gasteiger partial charge in [0.25, 0.3) is 0 Å². The highest BCUT2D eigenvalue weighted by Crippen LogP contribution is 2.33. The van der Waals surface area contributed by atoms with Gasteiger partial charge in [-0.25, -0.2) is 0 Å². The number of ether oxygens (including phenoxy) is 1. The normalized spacial score (nSPS) is 15.9. The number of hydrogen-bond acceptors (Lipinski definition) is 3. The van der Waals surface area contributed by atoms with Gasteiger partial charge in [-0.05, 0) is 31.4 Å². The molecule has 4 nitrogen and oxygen atoms in total. The van der Waals surface area contributed by atoms with E-state index in [1.165, 1.54) is 19.3 Å². The van der Waals surface area contributed by atoms with Gasteiger partial charge in [-0.2, -0.15) is 0 Å². The number of hydrogen-bond donors (Lipinski definition) is 2. The zero-order valence-electron chi connectivity index (χ0n) is 11.6. The van der Waals surface area contributed by atoms with E-state index in [0.717, 1.165) is 5.92 Å². The first-order valence-corrected chi connectivity index (χ1v) is 6.85. The molecular weight excluding hydrogens is 240 g/mol. The highest BCUT2D eigenvalue weighted by atomic mass is 16.5. The van der Waals surface area contributed by atoms with Gasteiger partial charge in [0.2, 0.25) is 5.91 Å². The van der Waals surface area contributed by atoms with Gasteiger partial charge in [-0.3, -0.25) is 4.79 Å². The van der Waals surface area contributed by atoms with Crippen LogP contribution in [0.15, 0.2) is 24.3 Å². The smallest absolute Gasteiger partial charge is 0.238 e. The SMILES string of the molecule is COc1ccccc1NC(=O)CNC(C)CC1CC1. The summed E-state index contributed by atoms with van der Waals surface area (Å²) in [5.74, 6) is 1.52. The second-order valence-electron chi connectivity index (χ2n) is 5.21. The van der Waals surface area contributed by atoms with Crippen molar-refractivity contribution < 1.29 is 9.53 Å².